The Bertz CT molecular complexity index is 651. The molecular formula is C16H18ClN3O2. The van der Waals surface area contributed by atoms with Crippen molar-refractivity contribution in [2.45, 2.75) is 38.1 Å². The van der Waals surface area contributed by atoms with Crippen LogP contribution in [-0.2, 0) is 0 Å². The van der Waals surface area contributed by atoms with Crippen LogP contribution in [0.25, 0.3) is 0 Å². The first-order chi connectivity index (χ1) is 10.6. The van der Waals surface area contributed by atoms with E-state index < -0.39 is 0 Å². The highest BCUT2D eigenvalue weighted by atomic mass is 35.5. The highest BCUT2D eigenvalue weighted by Gasteiger charge is 2.41. The molecule has 1 saturated carbocycles. The maximum atomic E-state index is 12.8. The number of nitrogens with zero attached hydrogens (tertiary/aromatic N) is 2. The molecule has 0 bridgehead atoms. The fraction of sp³-hybridized carbons (Fsp3) is 0.438. The van der Waals surface area contributed by atoms with Gasteiger partial charge in [-0.2, -0.15) is 0 Å². The molecule has 1 aliphatic heterocycles. The third kappa shape index (κ3) is 2.50. The second kappa shape index (κ2) is 6.08. The van der Waals surface area contributed by atoms with Gasteiger partial charge in [0, 0.05) is 6.04 Å². The summed E-state index contributed by atoms with van der Waals surface area (Å²) < 4.78 is 0. The second-order valence-corrected chi connectivity index (χ2v) is 5.98. The number of halogens is 1. The maximum absolute atomic E-state index is 12.8. The average molecular weight is 320 g/mol. The molecule has 6 heteroatoms. The highest BCUT2D eigenvalue weighted by molar-refractivity contribution is 6.28. The quantitative estimate of drug-likeness (QED) is 0.403. The van der Waals surface area contributed by atoms with Gasteiger partial charge in [0.05, 0.1) is 22.7 Å². The highest BCUT2D eigenvalue weighted by Crippen LogP contribution is 2.35. The summed E-state index contributed by atoms with van der Waals surface area (Å²) in [7, 11) is 0. The van der Waals surface area contributed by atoms with Crippen LogP contribution in [0.3, 0.4) is 0 Å². The number of aliphatic imine (C=N–C) groups is 1. The van der Waals surface area contributed by atoms with Gasteiger partial charge in [-0.3, -0.25) is 14.5 Å². The Hall–Kier alpha value is -1.88. The van der Waals surface area contributed by atoms with E-state index in [1.54, 1.807) is 18.2 Å². The number of fused-ring (bicyclic) bond motifs is 1. The first-order valence-corrected chi connectivity index (χ1v) is 8.07. The number of imide groups is 1. The number of amides is 2. The second-order valence-electron chi connectivity index (χ2n) is 5.71. The molecule has 0 radical (unpaired) electrons. The molecule has 116 valence electrons. The van der Waals surface area contributed by atoms with Gasteiger partial charge in [-0.25, -0.2) is 4.99 Å². The predicted molar refractivity (Wildman–Crippen MR) is 85.8 cm³/mol. The van der Waals surface area contributed by atoms with Gasteiger partial charge in [-0.15, -0.1) is 11.6 Å². The largest absolute Gasteiger partial charge is 0.386 e. The molecule has 0 saturated heterocycles. The Morgan fingerprint density at radius 1 is 1.23 bits per heavy atom. The van der Waals surface area contributed by atoms with E-state index in [-0.39, 0.29) is 29.6 Å². The number of nitrogens with two attached hydrogens (primary N) is 1. The molecule has 2 amide bonds. The topological polar surface area (TPSA) is 75.8 Å². The van der Waals surface area contributed by atoms with Crippen LogP contribution in [0.1, 0.15) is 52.8 Å². The van der Waals surface area contributed by atoms with E-state index >= 15 is 0 Å². The van der Waals surface area contributed by atoms with Gasteiger partial charge < -0.3 is 5.73 Å². The number of carbonyl (C=O) groups excluding carboxylic acids is 2. The normalized spacial score (nSPS) is 19.7. The van der Waals surface area contributed by atoms with Crippen LogP contribution in [-0.4, -0.2) is 34.5 Å². The van der Waals surface area contributed by atoms with E-state index in [0.717, 1.165) is 25.7 Å². The first-order valence-electron chi connectivity index (χ1n) is 7.53. The summed E-state index contributed by atoms with van der Waals surface area (Å²) in [6, 6.07) is 5.08. The molecule has 3 rings (SSSR count). The van der Waals surface area contributed by atoms with Crippen LogP contribution >= 0.6 is 11.6 Å². The summed E-state index contributed by atoms with van der Waals surface area (Å²) in [6.45, 7) is 0. The summed E-state index contributed by atoms with van der Waals surface area (Å²) in [5, 5.41) is 0. The zero-order valence-electron chi connectivity index (χ0n) is 12.2. The van der Waals surface area contributed by atoms with Crippen LogP contribution in [0.5, 0.6) is 0 Å². The van der Waals surface area contributed by atoms with E-state index in [2.05, 4.69) is 4.99 Å². The molecule has 1 heterocycles. The third-order valence-corrected chi connectivity index (χ3v) is 4.54. The van der Waals surface area contributed by atoms with Gasteiger partial charge in [-0.1, -0.05) is 25.3 Å². The number of hydrogen-bond acceptors (Lipinski definition) is 3. The van der Waals surface area contributed by atoms with Crippen molar-refractivity contribution in [3.8, 4) is 0 Å². The number of carbonyl (C=O) groups is 2. The monoisotopic (exact) mass is 319 g/mol. The lowest BCUT2D eigenvalue weighted by Gasteiger charge is -2.29. The van der Waals surface area contributed by atoms with Gasteiger partial charge in [0.1, 0.15) is 5.84 Å². The predicted octanol–water partition coefficient (Wildman–Crippen LogP) is 2.84. The lowest BCUT2D eigenvalue weighted by Crippen LogP contribution is -2.40. The molecule has 0 spiro atoms. The minimum atomic E-state index is -0.256. The summed E-state index contributed by atoms with van der Waals surface area (Å²) in [4.78, 5) is 31.0. The molecule has 1 aliphatic carbocycles. The van der Waals surface area contributed by atoms with Gasteiger partial charge in [0.2, 0.25) is 0 Å². The molecule has 2 aliphatic rings. The summed E-state index contributed by atoms with van der Waals surface area (Å²) in [6.07, 6.45) is 5.05. The van der Waals surface area contributed by atoms with Crippen LogP contribution in [0, 0.1) is 0 Å². The van der Waals surface area contributed by atoms with Crippen LogP contribution < -0.4 is 5.73 Å². The third-order valence-electron chi connectivity index (χ3n) is 4.27. The van der Waals surface area contributed by atoms with Crippen LogP contribution in [0.2, 0.25) is 0 Å². The lowest BCUT2D eigenvalue weighted by atomic mass is 9.94. The zero-order valence-corrected chi connectivity index (χ0v) is 13.0. The van der Waals surface area contributed by atoms with E-state index in [4.69, 9.17) is 17.3 Å². The summed E-state index contributed by atoms with van der Waals surface area (Å²) in [5.41, 5.74) is 6.86. The van der Waals surface area contributed by atoms with Crippen molar-refractivity contribution in [3.63, 3.8) is 0 Å². The minimum absolute atomic E-state index is 0.00311. The molecule has 0 atom stereocenters. The Labute approximate surface area is 134 Å². The molecule has 0 unspecified atom stereocenters. The molecule has 5 nitrogen and oxygen atoms in total. The van der Waals surface area contributed by atoms with E-state index in [1.165, 1.54) is 11.3 Å². The number of hydrogen-bond donors (Lipinski definition) is 1. The zero-order chi connectivity index (χ0) is 15.7. The minimum Gasteiger partial charge on any atom is -0.386 e. The Balaban J connectivity index is 2.00. The molecule has 2 N–H and O–H groups in total. The van der Waals surface area contributed by atoms with Crippen LogP contribution in [0.15, 0.2) is 23.2 Å². The standard InChI is InChI=1S/C16H18ClN3O2/c17-9-13(18)19-12-8-4-7-11-14(12)16(22)20(15(11)21)10-5-2-1-3-6-10/h4,7-8,10H,1-3,5-6,9H2,(H2,18,19). The van der Waals surface area contributed by atoms with E-state index in [9.17, 15) is 9.59 Å². The van der Waals surface area contributed by atoms with Gasteiger partial charge >= 0.3 is 0 Å². The van der Waals surface area contributed by atoms with Crippen molar-refractivity contribution < 1.29 is 9.59 Å². The SMILES string of the molecule is NC(CCl)=Nc1cccc2c1C(=O)N(C1CCCCC1)C2=O. The molecule has 22 heavy (non-hydrogen) atoms. The van der Waals surface area contributed by atoms with Gasteiger partial charge in [-0.05, 0) is 25.0 Å². The Kier molecular flexibility index (Phi) is 4.16. The van der Waals surface area contributed by atoms with Crippen molar-refractivity contribution in [2.75, 3.05) is 5.88 Å². The Morgan fingerprint density at radius 2 is 1.95 bits per heavy atom. The number of alkyl halides is 1. The summed E-state index contributed by atoms with van der Waals surface area (Å²) >= 11 is 5.65. The molecular weight excluding hydrogens is 302 g/mol. The fourth-order valence-electron chi connectivity index (χ4n) is 3.23. The van der Waals surface area contributed by atoms with E-state index in [1.807, 2.05) is 0 Å². The van der Waals surface area contributed by atoms with Crippen molar-refractivity contribution >= 4 is 34.9 Å². The van der Waals surface area contributed by atoms with Crippen molar-refractivity contribution in [2.24, 2.45) is 10.7 Å². The van der Waals surface area contributed by atoms with Gasteiger partial charge in [0.25, 0.3) is 11.8 Å². The average Bonchev–Trinajstić information content (AvgIpc) is 2.80. The van der Waals surface area contributed by atoms with Crippen molar-refractivity contribution in [1.29, 1.82) is 0 Å². The first kappa shape index (κ1) is 15.0. The molecule has 0 aromatic heterocycles. The van der Waals surface area contributed by atoms with E-state index in [0.29, 0.717) is 16.8 Å². The number of rotatable bonds is 3. The van der Waals surface area contributed by atoms with Crippen molar-refractivity contribution in [3.05, 3.63) is 29.3 Å². The number of benzene rings is 1. The lowest BCUT2D eigenvalue weighted by molar-refractivity contribution is 0.0549. The van der Waals surface area contributed by atoms with Gasteiger partial charge in [0.15, 0.2) is 0 Å². The summed E-state index contributed by atoms with van der Waals surface area (Å²) in [5.74, 6) is -0.161. The van der Waals surface area contributed by atoms with Crippen LogP contribution in [0.4, 0.5) is 5.69 Å². The fourth-order valence-corrected chi connectivity index (χ4v) is 3.29. The molecule has 1 aromatic carbocycles. The van der Waals surface area contributed by atoms with Crippen molar-refractivity contribution in [1.82, 2.24) is 4.90 Å². The molecule has 1 fully saturated rings. The number of amidine groups is 1. The Morgan fingerprint density at radius 3 is 2.64 bits per heavy atom. The maximum Gasteiger partial charge on any atom is 0.264 e. The molecule has 1 aromatic rings. The smallest absolute Gasteiger partial charge is 0.264 e.